The van der Waals surface area contributed by atoms with Crippen LogP contribution in [0.15, 0.2) is 24.5 Å². The number of aromatic nitrogens is 2. The summed E-state index contributed by atoms with van der Waals surface area (Å²) < 4.78 is 31.7. The van der Waals surface area contributed by atoms with Crippen molar-refractivity contribution in [1.82, 2.24) is 9.97 Å². The summed E-state index contributed by atoms with van der Waals surface area (Å²) in [6.07, 6.45) is 1.21. The molecule has 19 heavy (non-hydrogen) atoms. The molecule has 1 aromatic carbocycles. The molecular formula is C11H11F2N5O. The molecule has 1 heterocycles. The molecule has 4 N–H and O–H groups in total. The van der Waals surface area contributed by atoms with Gasteiger partial charge in [-0.15, -0.1) is 0 Å². The second-order valence-electron chi connectivity index (χ2n) is 3.50. The minimum Gasteiger partial charge on any atom is -0.490 e. The van der Waals surface area contributed by atoms with Crippen molar-refractivity contribution in [1.29, 1.82) is 0 Å². The number of nitrogens with zero attached hydrogens (tertiary/aromatic N) is 2. The molecule has 8 heteroatoms. The van der Waals surface area contributed by atoms with Crippen LogP contribution in [0.2, 0.25) is 0 Å². The maximum atomic E-state index is 13.5. The van der Waals surface area contributed by atoms with Crippen LogP contribution in [0.5, 0.6) is 5.75 Å². The van der Waals surface area contributed by atoms with Gasteiger partial charge in [0.25, 0.3) is 0 Å². The fraction of sp³-hybridized carbons (Fsp3) is 0.0909. The van der Waals surface area contributed by atoms with Gasteiger partial charge in [0.2, 0.25) is 5.75 Å². The number of nitrogens with two attached hydrogens (primary N) is 1. The minimum atomic E-state index is -0.621. The lowest BCUT2D eigenvalue weighted by molar-refractivity contribution is 0.415. The molecule has 0 fully saturated rings. The first kappa shape index (κ1) is 13.0. The van der Waals surface area contributed by atoms with Gasteiger partial charge < -0.3 is 15.5 Å². The van der Waals surface area contributed by atoms with Gasteiger partial charge in [-0.2, -0.15) is 0 Å². The molecule has 0 radical (unpaired) electrons. The third-order valence-electron chi connectivity index (χ3n) is 2.33. The van der Waals surface area contributed by atoms with Crippen molar-refractivity contribution in [2.45, 2.75) is 0 Å². The lowest BCUT2D eigenvalue weighted by Gasteiger charge is -2.12. The molecule has 0 amide bonds. The third kappa shape index (κ3) is 2.68. The second-order valence-corrected chi connectivity index (χ2v) is 3.50. The predicted octanol–water partition coefficient (Wildman–Crippen LogP) is 1.79. The molecule has 2 rings (SSSR count). The SMILES string of the molecule is COc1c(NN)ncnc1Nc1cc(F)ccc1F. The van der Waals surface area contributed by atoms with Gasteiger partial charge >= 0.3 is 0 Å². The van der Waals surface area contributed by atoms with Crippen molar-refractivity contribution < 1.29 is 13.5 Å². The summed E-state index contributed by atoms with van der Waals surface area (Å²) in [5.74, 6) is 4.63. The van der Waals surface area contributed by atoms with Crippen LogP contribution in [0.1, 0.15) is 0 Å². The van der Waals surface area contributed by atoms with Crippen molar-refractivity contribution in [3.63, 3.8) is 0 Å². The van der Waals surface area contributed by atoms with Crippen LogP contribution in [-0.4, -0.2) is 17.1 Å². The van der Waals surface area contributed by atoms with E-state index in [1.165, 1.54) is 13.4 Å². The van der Waals surface area contributed by atoms with Gasteiger partial charge in [-0.1, -0.05) is 0 Å². The minimum absolute atomic E-state index is 0.0695. The van der Waals surface area contributed by atoms with Crippen molar-refractivity contribution in [3.8, 4) is 5.75 Å². The van der Waals surface area contributed by atoms with Crippen molar-refractivity contribution in [2.75, 3.05) is 17.9 Å². The van der Waals surface area contributed by atoms with Crippen molar-refractivity contribution in [2.24, 2.45) is 5.84 Å². The number of hydrazine groups is 1. The highest BCUT2D eigenvalue weighted by Gasteiger charge is 2.13. The lowest BCUT2D eigenvalue weighted by Crippen LogP contribution is -2.11. The molecule has 0 saturated heterocycles. The highest BCUT2D eigenvalue weighted by atomic mass is 19.1. The van der Waals surface area contributed by atoms with E-state index in [9.17, 15) is 8.78 Å². The van der Waals surface area contributed by atoms with E-state index in [1.54, 1.807) is 0 Å². The van der Waals surface area contributed by atoms with Crippen molar-refractivity contribution >= 4 is 17.3 Å². The Bertz CT molecular complexity index is 593. The number of nitrogen functional groups attached to an aromatic ring is 1. The average molecular weight is 267 g/mol. The molecule has 6 nitrogen and oxygen atoms in total. The van der Waals surface area contributed by atoms with Crippen LogP contribution in [0.25, 0.3) is 0 Å². The first-order valence-electron chi connectivity index (χ1n) is 5.23. The Hall–Kier alpha value is -2.48. The highest BCUT2D eigenvalue weighted by molar-refractivity contribution is 5.69. The molecule has 0 bridgehead atoms. The summed E-state index contributed by atoms with van der Waals surface area (Å²) in [6.45, 7) is 0. The Balaban J connectivity index is 2.40. The van der Waals surface area contributed by atoms with E-state index in [1.807, 2.05) is 0 Å². The van der Waals surface area contributed by atoms with Gasteiger partial charge in [-0.05, 0) is 12.1 Å². The molecular weight excluding hydrogens is 256 g/mol. The van der Waals surface area contributed by atoms with Crippen molar-refractivity contribution in [3.05, 3.63) is 36.2 Å². The van der Waals surface area contributed by atoms with E-state index in [0.717, 1.165) is 18.2 Å². The predicted molar refractivity (Wildman–Crippen MR) is 66.0 cm³/mol. The number of benzene rings is 1. The monoisotopic (exact) mass is 267 g/mol. The number of ether oxygens (including phenoxy) is 1. The number of halogens is 2. The standard InChI is InChI=1S/C11H11F2N5O/c1-19-9-10(15-5-16-11(9)18-14)17-8-4-6(12)2-3-7(8)13/h2-5H,14H2,1H3,(H2,15,16,17,18). The number of methoxy groups -OCH3 is 1. The molecule has 0 aliphatic carbocycles. The Morgan fingerprint density at radius 2 is 1.95 bits per heavy atom. The van der Waals surface area contributed by atoms with E-state index in [2.05, 4.69) is 20.7 Å². The number of hydrogen-bond donors (Lipinski definition) is 3. The van der Waals surface area contributed by atoms with Crippen LogP contribution in [0, 0.1) is 11.6 Å². The normalized spacial score (nSPS) is 10.1. The molecule has 0 atom stereocenters. The summed E-state index contributed by atoms with van der Waals surface area (Å²) in [6, 6.07) is 3.03. The van der Waals surface area contributed by atoms with Crippen LogP contribution >= 0.6 is 0 Å². The van der Waals surface area contributed by atoms with Crippen LogP contribution in [0.4, 0.5) is 26.1 Å². The number of rotatable bonds is 4. The Morgan fingerprint density at radius 3 is 2.63 bits per heavy atom. The van der Waals surface area contributed by atoms with E-state index in [4.69, 9.17) is 10.6 Å². The molecule has 0 saturated carbocycles. The maximum Gasteiger partial charge on any atom is 0.205 e. The van der Waals surface area contributed by atoms with Crippen LogP contribution < -0.4 is 21.3 Å². The van der Waals surface area contributed by atoms with Gasteiger partial charge in [-0.25, -0.2) is 24.6 Å². The topological polar surface area (TPSA) is 85.1 Å². The van der Waals surface area contributed by atoms with E-state index < -0.39 is 11.6 Å². The third-order valence-corrected chi connectivity index (χ3v) is 2.33. The molecule has 100 valence electrons. The zero-order chi connectivity index (χ0) is 13.8. The van der Waals surface area contributed by atoms with Gasteiger partial charge in [0.1, 0.15) is 18.0 Å². The zero-order valence-corrected chi connectivity index (χ0v) is 9.95. The molecule has 0 aliphatic heterocycles. The van der Waals surface area contributed by atoms with E-state index in [-0.39, 0.29) is 23.1 Å². The van der Waals surface area contributed by atoms with E-state index >= 15 is 0 Å². The van der Waals surface area contributed by atoms with Gasteiger partial charge in [0.15, 0.2) is 11.6 Å². The first-order valence-corrected chi connectivity index (χ1v) is 5.23. The van der Waals surface area contributed by atoms with E-state index in [0.29, 0.717) is 0 Å². The smallest absolute Gasteiger partial charge is 0.205 e. The fourth-order valence-corrected chi connectivity index (χ4v) is 1.48. The number of nitrogens with one attached hydrogen (secondary N) is 2. The average Bonchev–Trinajstić information content (AvgIpc) is 2.42. The van der Waals surface area contributed by atoms with Gasteiger partial charge in [0.05, 0.1) is 12.8 Å². The molecule has 2 aromatic rings. The Kier molecular flexibility index (Phi) is 3.71. The largest absolute Gasteiger partial charge is 0.490 e. The molecule has 0 unspecified atom stereocenters. The van der Waals surface area contributed by atoms with Crippen LogP contribution in [0.3, 0.4) is 0 Å². The number of hydrogen-bond acceptors (Lipinski definition) is 6. The van der Waals surface area contributed by atoms with Gasteiger partial charge in [-0.3, -0.25) is 0 Å². The Morgan fingerprint density at radius 1 is 1.21 bits per heavy atom. The lowest BCUT2D eigenvalue weighted by atomic mass is 10.3. The summed E-state index contributed by atoms with van der Waals surface area (Å²) in [4.78, 5) is 7.72. The quantitative estimate of drug-likeness (QED) is 0.578. The number of anilines is 3. The summed E-state index contributed by atoms with van der Waals surface area (Å²) in [5.41, 5.74) is 2.25. The van der Waals surface area contributed by atoms with Gasteiger partial charge in [0, 0.05) is 6.07 Å². The second kappa shape index (κ2) is 5.44. The maximum absolute atomic E-state index is 13.5. The highest BCUT2D eigenvalue weighted by Crippen LogP contribution is 2.31. The molecule has 1 aromatic heterocycles. The first-order chi connectivity index (χ1) is 9.15. The summed E-state index contributed by atoms with van der Waals surface area (Å²) >= 11 is 0. The summed E-state index contributed by atoms with van der Waals surface area (Å²) in [7, 11) is 1.38. The Labute approximate surface area is 107 Å². The molecule has 0 spiro atoms. The van der Waals surface area contributed by atoms with Crippen LogP contribution in [-0.2, 0) is 0 Å². The zero-order valence-electron chi connectivity index (χ0n) is 9.95. The molecule has 0 aliphatic rings. The fourth-order valence-electron chi connectivity index (χ4n) is 1.48. The summed E-state index contributed by atoms with van der Waals surface area (Å²) in [5, 5.41) is 2.62.